The molecule has 1 rings (SSSR count). The van der Waals surface area contributed by atoms with Crippen LogP contribution in [0.3, 0.4) is 0 Å². The van der Waals surface area contributed by atoms with Crippen molar-refractivity contribution in [2.24, 2.45) is 7.05 Å². The monoisotopic (exact) mass is 210 g/mol. The Kier molecular flexibility index (Phi) is 4.49. The SMILES string of the molecule is CCCOCC(=O)Cc1cc(C)nn1C. The summed E-state index contributed by atoms with van der Waals surface area (Å²) in [6.07, 6.45) is 1.35. The lowest BCUT2D eigenvalue weighted by Crippen LogP contribution is -2.14. The molecular formula is C11H18N2O2. The molecule has 0 unspecified atom stereocenters. The summed E-state index contributed by atoms with van der Waals surface area (Å²) in [6.45, 7) is 4.80. The van der Waals surface area contributed by atoms with Crippen LogP contribution in [-0.2, 0) is 23.0 Å². The van der Waals surface area contributed by atoms with Crippen molar-refractivity contribution in [3.05, 3.63) is 17.5 Å². The number of aryl methyl sites for hydroxylation is 2. The predicted molar refractivity (Wildman–Crippen MR) is 57.8 cm³/mol. The summed E-state index contributed by atoms with van der Waals surface area (Å²) in [7, 11) is 1.85. The van der Waals surface area contributed by atoms with Gasteiger partial charge in [-0.15, -0.1) is 0 Å². The van der Waals surface area contributed by atoms with Crippen LogP contribution >= 0.6 is 0 Å². The first-order valence-corrected chi connectivity index (χ1v) is 5.22. The molecule has 0 aliphatic carbocycles. The molecule has 0 spiro atoms. The van der Waals surface area contributed by atoms with Gasteiger partial charge in [-0.05, 0) is 19.4 Å². The number of carbonyl (C=O) groups is 1. The van der Waals surface area contributed by atoms with Gasteiger partial charge in [0.25, 0.3) is 0 Å². The van der Waals surface area contributed by atoms with Crippen LogP contribution in [0.15, 0.2) is 6.07 Å². The average Bonchev–Trinajstić information content (AvgIpc) is 2.45. The molecule has 0 saturated heterocycles. The van der Waals surface area contributed by atoms with Gasteiger partial charge in [0, 0.05) is 19.3 Å². The second kappa shape index (κ2) is 5.66. The van der Waals surface area contributed by atoms with E-state index in [4.69, 9.17) is 4.74 Å². The van der Waals surface area contributed by atoms with Crippen molar-refractivity contribution in [2.45, 2.75) is 26.7 Å². The zero-order valence-electron chi connectivity index (χ0n) is 9.62. The Balaban J connectivity index is 2.41. The third kappa shape index (κ3) is 3.83. The van der Waals surface area contributed by atoms with Crippen LogP contribution in [0, 0.1) is 6.92 Å². The molecule has 0 aliphatic heterocycles. The zero-order valence-corrected chi connectivity index (χ0v) is 9.62. The number of hydrogen-bond acceptors (Lipinski definition) is 3. The number of aromatic nitrogens is 2. The standard InChI is InChI=1S/C11H18N2O2/c1-4-5-15-8-11(14)7-10-6-9(2)12-13(10)3/h6H,4-5,7-8H2,1-3H3. The molecule has 0 bridgehead atoms. The Morgan fingerprint density at radius 2 is 2.33 bits per heavy atom. The number of hydrogen-bond donors (Lipinski definition) is 0. The van der Waals surface area contributed by atoms with E-state index in [1.54, 1.807) is 4.68 Å². The van der Waals surface area contributed by atoms with Crippen LogP contribution in [0.2, 0.25) is 0 Å². The molecule has 84 valence electrons. The average molecular weight is 210 g/mol. The summed E-state index contributed by atoms with van der Waals surface area (Å²) in [5.74, 6) is 0.103. The Morgan fingerprint density at radius 3 is 2.87 bits per heavy atom. The maximum Gasteiger partial charge on any atom is 0.164 e. The van der Waals surface area contributed by atoms with E-state index < -0.39 is 0 Å². The Bertz CT molecular complexity index is 331. The molecule has 0 aliphatic rings. The quantitative estimate of drug-likeness (QED) is 0.664. The molecule has 0 saturated carbocycles. The first-order chi connectivity index (χ1) is 7.13. The molecule has 1 heterocycles. The van der Waals surface area contributed by atoms with Gasteiger partial charge in [-0.2, -0.15) is 5.10 Å². The summed E-state index contributed by atoms with van der Waals surface area (Å²) in [6, 6.07) is 1.93. The van der Waals surface area contributed by atoms with E-state index in [9.17, 15) is 4.79 Å². The van der Waals surface area contributed by atoms with Crippen LogP contribution in [0.25, 0.3) is 0 Å². The fourth-order valence-electron chi connectivity index (χ4n) is 1.41. The van der Waals surface area contributed by atoms with Crippen LogP contribution in [-0.4, -0.2) is 28.8 Å². The molecule has 4 heteroatoms. The molecule has 0 N–H and O–H groups in total. The highest BCUT2D eigenvalue weighted by Crippen LogP contribution is 2.03. The van der Waals surface area contributed by atoms with Gasteiger partial charge >= 0.3 is 0 Å². The van der Waals surface area contributed by atoms with Gasteiger partial charge in [-0.25, -0.2) is 0 Å². The van der Waals surface area contributed by atoms with Crippen LogP contribution < -0.4 is 0 Å². The van der Waals surface area contributed by atoms with Crippen molar-refractivity contribution in [3.8, 4) is 0 Å². The van der Waals surface area contributed by atoms with Crippen molar-refractivity contribution in [1.29, 1.82) is 0 Å². The lowest BCUT2D eigenvalue weighted by molar-refractivity contribution is -0.123. The molecule has 1 aromatic rings. The van der Waals surface area contributed by atoms with Crippen molar-refractivity contribution < 1.29 is 9.53 Å². The number of ketones is 1. The number of ether oxygens (including phenoxy) is 1. The third-order valence-corrected chi connectivity index (χ3v) is 2.09. The second-order valence-corrected chi connectivity index (χ2v) is 3.67. The predicted octanol–water partition coefficient (Wildman–Crippen LogP) is 1.27. The molecular weight excluding hydrogens is 192 g/mol. The van der Waals surface area contributed by atoms with Crippen LogP contribution in [0.1, 0.15) is 24.7 Å². The van der Waals surface area contributed by atoms with Gasteiger partial charge in [0.15, 0.2) is 5.78 Å². The molecule has 1 aromatic heterocycles. The largest absolute Gasteiger partial charge is 0.374 e. The van der Waals surface area contributed by atoms with Crippen molar-refractivity contribution >= 4 is 5.78 Å². The Morgan fingerprint density at radius 1 is 1.60 bits per heavy atom. The zero-order chi connectivity index (χ0) is 11.3. The first-order valence-electron chi connectivity index (χ1n) is 5.22. The number of Topliss-reactive ketones (excluding diaryl/α,β-unsaturated/α-hetero) is 1. The number of rotatable bonds is 6. The van der Waals surface area contributed by atoms with Crippen molar-refractivity contribution in [3.63, 3.8) is 0 Å². The minimum atomic E-state index is 0.103. The van der Waals surface area contributed by atoms with Gasteiger partial charge in [-0.1, -0.05) is 6.92 Å². The molecule has 15 heavy (non-hydrogen) atoms. The molecule has 0 fully saturated rings. The van der Waals surface area contributed by atoms with E-state index in [1.165, 1.54) is 0 Å². The Labute approximate surface area is 90.2 Å². The van der Waals surface area contributed by atoms with E-state index in [-0.39, 0.29) is 12.4 Å². The molecule has 0 radical (unpaired) electrons. The minimum Gasteiger partial charge on any atom is -0.374 e. The van der Waals surface area contributed by atoms with Crippen molar-refractivity contribution in [2.75, 3.05) is 13.2 Å². The van der Waals surface area contributed by atoms with Gasteiger partial charge < -0.3 is 4.74 Å². The molecule has 0 amide bonds. The second-order valence-electron chi connectivity index (χ2n) is 3.67. The molecule has 0 aromatic carbocycles. The first kappa shape index (κ1) is 11.9. The lowest BCUT2D eigenvalue weighted by atomic mass is 10.2. The smallest absolute Gasteiger partial charge is 0.164 e. The topological polar surface area (TPSA) is 44.1 Å². The van der Waals surface area contributed by atoms with Crippen molar-refractivity contribution in [1.82, 2.24) is 9.78 Å². The van der Waals surface area contributed by atoms with E-state index in [1.807, 2.05) is 27.0 Å². The fraction of sp³-hybridized carbons (Fsp3) is 0.636. The number of nitrogens with zero attached hydrogens (tertiary/aromatic N) is 2. The molecule has 0 atom stereocenters. The highest BCUT2D eigenvalue weighted by atomic mass is 16.5. The molecule has 4 nitrogen and oxygen atoms in total. The maximum atomic E-state index is 11.5. The maximum absolute atomic E-state index is 11.5. The summed E-state index contributed by atoms with van der Waals surface area (Å²) in [5.41, 5.74) is 1.88. The summed E-state index contributed by atoms with van der Waals surface area (Å²) < 4.78 is 6.93. The van der Waals surface area contributed by atoms with Gasteiger partial charge in [0.05, 0.1) is 12.1 Å². The van der Waals surface area contributed by atoms with Crippen LogP contribution in [0.4, 0.5) is 0 Å². The van der Waals surface area contributed by atoms with Gasteiger partial charge in [0.2, 0.25) is 0 Å². The van der Waals surface area contributed by atoms with Crippen LogP contribution in [0.5, 0.6) is 0 Å². The minimum absolute atomic E-state index is 0.103. The van der Waals surface area contributed by atoms with E-state index >= 15 is 0 Å². The van der Waals surface area contributed by atoms with Gasteiger partial charge in [0.1, 0.15) is 6.61 Å². The lowest BCUT2D eigenvalue weighted by Gasteiger charge is -2.02. The van der Waals surface area contributed by atoms with E-state index in [0.717, 1.165) is 17.8 Å². The third-order valence-electron chi connectivity index (χ3n) is 2.09. The number of carbonyl (C=O) groups excluding carboxylic acids is 1. The van der Waals surface area contributed by atoms with E-state index in [2.05, 4.69) is 5.10 Å². The summed E-state index contributed by atoms with van der Waals surface area (Å²) >= 11 is 0. The van der Waals surface area contributed by atoms with Gasteiger partial charge in [-0.3, -0.25) is 9.48 Å². The Hall–Kier alpha value is -1.16. The fourth-order valence-corrected chi connectivity index (χ4v) is 1.41. The van der Waals surface area contributed by atoms with E-state index in [0.29, 0.717) is 13.0 Å². The normalized spacial score (nSPS) is 10.6. The summed E-state index contributed by atoms with van der Waals surface area (Å²) in [5, 5.41) is 4.18. The summed E-state index contributed by atoms with van der Waals surface area (Å²) in [4.78, 5) is 11.5. The highest BCUT2D eigenvalue weighted by molar-refractivity contribution is 5.81. The highest BCUT2D eigenvalue weighted by Gasteiger charge is 2.08.